The molecular formula is C21H17N3O2S. The number of hydrogen-bond donors (Lipinski definition) is 2. The van der Waals surface area contributed by atoms with Crippen LogP contribution in [0.15, 0.2) is 96.2 Å². The molecule has 134 valence electrons. The van der Waals surface area contributed by atoms with Gasteiger partial charge in [0.25, 0.3) is 10.0 Å². The number of para-hydroxylation sites is 1. The summed E-state index contributed by atoms with van der Waals surface area (Å²) in [5.74, 6) is 0. The molecular weight excluding hydrogens is 358 g/mol. The van der Waals surface area contributed by atoms with Gasteiger partial charge in [0.2, 0.25) is 5.16 Å². The second kappa shape index (κ2) is 7.09. The van der Waals surface area contributed by atoms with Crippen molar-refractivity contribution in [2.75, 3.05) is 4.72 Å². The monoisotopic (exact) mass is 375 g/mol. The maximum atomic E-state index is 12.8. The van der Waals surface area contributed by atoms with Crippen molar-refractivity contribution >= 4 is 15.7 Å². The smallest absolute Gasteiger partial charge is 0.295 e. The number of nitrogens with one attached hydrogen (secondary N) is 2. The number of aromatic amines is 1. The van der Waals surface area contributed by atoms with Crippen molar-refractivity contribution in [3.05, 3.63) is 91.0 Å². The molecule has 0 saturated carbocycles. The first-order valence-corrected chi connectivity index (χ1v) is 9.90. The molecule has 4 aromatic rings. The summed E-state index contributed by atoms with van der Waals surface area (Å²) in [7, 11) is -3.85. The van der Waals surface area contributed by atoms with E-state index in [4.69, 9.17) is 0 Å². The fourth-order valence-corrected chi connectivity index (χ4v) is 3.80. The number of imidazole rings is 1. The van der Waals surface area contributed by atoms with Crippen molar-refractivity contribution in [1.82, 2.24) is 9.97 Å². The normalized spacial score (nSPS) is 11.3. The minimum absolute atomic E-state index is 0.121. The van der Waals surface area contributed by atoms with Crippen LogP contribution in [0.1, 0.15) is 0 Å². The van der Waals surface area contributed by atoms with Crippen LogP contribution in [0.3, 0.4) is 0 Å². The molecule has 0 saturated heterocycles. The van der Waals surface area contributed by atoms with Gasteiger partial charge in [-0.15, -0.1) is 0 Å². The van der Waals surface area contributed by atoms with Gasteiger partial charge >= 0.3 is 0 Å². The van der Waals surface area contributed by atoms with E-state index in [2.05, 4.69) is 14.7 Å². The molecule has 0 aliphatic heterocycles. The SMILES string of the molecule is O=S(=O)(Nc1ccccc1)c1nc(-c2ccccc2)c(-c2ccccc2)[nH]1. The Morgan fingerprint density at radius 3 is 1.81 bits per heavy atom. The highest BCUT2D eigenvalue weighted by Crippen LogP contribution is 2.31. The van der Waals surface area contributed by atoms with Gasteiger partial charge in [-0.2, -0.15) is 8.42 Å². The van der Waals surface area contributed by atoms with Crippen LogP contribution in [0, 0.1) is 0 Å². The van der Waals surface area contributed by atoms with Gasteiger partial charge in [0.05, 0.1) is 11.4 Å². The van der Waals surface area contributed by atoms with Crippen molar-refractivity contribution in [3.8, 4) is 22.5 Å². The van der Waals surface area contributed by atoms with Gasteiger partial charge in [-0.25, -0.2) is 4.98 Å². The molecule has 1 heterocycles. The van der Waals surface area contributed by atoms with Gasteiger partial charge in [0.1, 0.15) is 0 Å². The minimum Gasteiger partial charge on any atom is -0.327 e. The fraction of sp³-hybridized carbons (Fsp3) is 0. The maximum Gasteiger partial charge on any atom is 0.295 e. The van der Waals surface area contributed by atoms with E-state index in [-0.39, 0.29) is 5.16 Å². The Balaban J connectivity index is 1.82. The standard InChI is InChI=1S/C21H17N3O2S/c25-27(26,24-18-14-8-3-9-15-18)21-22-19(16-10-4-1-5-11-16)20(23-21)17-12-6-2-7-13-17/h1-15,24H,(H,22,23). The lowest BCUT2D eigenvalue weighted by Crippen LogP contribution is -2.14. The van der Waals surface area contributed by atoms with Gasteiger partial charge in [0.15, 0.2) is 0 Å². The molecule has 0 amide bonds. The number of anilines is 1. The summed E-state index contributed by atoms with van der Waals surface area (Å²) in [5, 5.41) is -0.121. The second-order valence-electron chi connectivity index (χ2n) is 5.97. The van der Waals surface area contributed by atoms with Crippen LogP contribution in [0.2, 0.25) is 0 Å². The van der Waals surface area contributed by atoms with E-state index in [1.54, 1.807) is 24.3 Å². The van der Waals surface area contributed by atoms with Crippen molar-refractivity contribution in [2.24, 2.45) is 0 Å². The Hall–Kier alpha value is -3.38. The lowest BCUT2D eigenvalue weighted by molar-refractivity contribution is 0.594. The molecule has 0 atom stereocenters. The van der Waals surface area contributed by atoms with Crippen LogP contribution in [0.25, 0.3) is 22.5 Å². The van der Waals surface area contributed by atoms with Crippen LogP contribution in [0.4, 0.5) is 5.69 Å². The van der Waals surface area contributed by atoms with Gasteiger partial charge in [0, 0.05) is 16.8 Å². The lowest BCUT2D eigenvalue weighted by Gasteiger charge is -2.04. The Morgan fingerprint density at radius 1 is 0.704 bits per heavy atom. The summed E-state index contributed by atoms with van der Waals surface area (Å²) in [6, 6.07) is 27.8. The molecule has 0 bridgehead atoms. The third-order valence-corrected chi connectivity index (χ3v) is 5.28. The number of H-pyrrole nitrogens is 1. The molecule has 0 spiro atoms. The predicted octanol–water partition coefficient (Wildman–Crippen LogP) is 4.54. The maximum absolute atomic E-state index is 12.8. The summed E-state index contributed by atoms with van der Waals surface area (Å²) in [5.41, 5.74) is 3.45. The topological polar surface area (TPSA) is 74.8 Å². The fourth-order valence-electron chi connectivity index (χ4n) is 2.81. The summed E-state index contributed by atoms with van der Waals surface area (Å²) in [4.78, 5) is 7.41. The molecule has 0 radical (unpaired) electrons. The molecule has 6 heteroatoms. The average molecular weight is 375 g/mol. The van der Waals surface area contributed by atoms with Gasteiger partial charge in [-0.3, -0.25) is 4.72 Å². The Morgan fingerprint density at radius 2 is 1.22 bits per heavy atom. The van der Waals surface area contributed by atoms with E-state index in [1.165, 1.54) is 0 Å². The zero-order valence-electron chi connectivity index (χ0n) is 14.3. The summed E-state index contributed by atoms with van der Waals surface area (Å²) < 4.78 is 28.2. The van der Waals surface area contributed by atoms with Crippen LogP contribution < -0.4 is 4.72 Å². The zero-order valence-corrected chi connectivity index (χ0v) is 15.1. The quantitative estimate of drug-likeness (QED) is 0.537. The number of hydrogen-bond acceptors (Lipinski definition) is 3. The van der Waals surface area contributed by atoms with Crippen molar-refractivity contribution in [1.29, 1.82) is 0 Å². The first-order chi connectivity index (χ1) is 13.1. The third-order valence-electron chi connectivity index (χ3n) is 4.07. The number of sulfonamides is 1. The predicted molar refractivity (Wildman–Crippen MR) is 107 cm³/mol. The van der Waals surface area contributed by atoms with Crippen LogP contribution >= 0.6 is 0 Å². The zero-order chi connectivity index (χ0) is 18.7. The van der Waals surface area contributed by atoms with E-state index >= 15 is 0 Å². The highest BCUT2D eigenvalue weighted by atomic mass is 32.2. The van der Waals surface area contributed by atoms with Crippen LogP contribution in [0.5, 0.6) is 0 Å². The number of benzene rings is 3. The van der Waals surface area contributed by atoms with Crippen molar-refractivity contribution in [2.45, 2.75) is 5.16 Å². The van der Waals surface area contributed by atoms with Crippen molar-refractivity contribution in [3.63, 3.8) is 0 Å². The molecule has 0 unspecified atom stereocenters. The molecule has 0 aliphatic rings. The Bertz CT molecular complexity index is 1080. The lowest BCUT2D eigenvalue weighted by atomic mass is 10.1. The number of aromatic nitrogens is 2. The third kappa shape index (κ3) is 3.61. The molecule has 1 aromatic heterocycles. The number of rotatable bonds is 5. The molecule has 27 heavy (non-hydrogen) atoms. The molecule has 0 fully saturated rings. The summed E-state index contributed by atoms with van der Waals surface area (Å²) >= 11 is 0. The van der Waals surface area contributed by atoms with E-state index in [9.17, 15) is 8.42 Å². The number of nitrogens with zero attached hydrogens (tertiary/aromatic N) is 1. The average Bonchev–Trinajstić information content (AvgIpc) is 3.16. The Kier molecular flexibility index (Phi) is 4.48. The minimum atomic E-state index is -3.85. The highest BCUT2D eigenvalue weighted by Gasteiger charge is 2.23. The van der Waals surface area contributed by atoms with Crippen molar-refractivity contribution < 1.29 is 8.42 Å². The Labute approximate surface area is 157 Å². The first-order valence-electron chi connectivity index (χ1n) is 8.42. The van der Waals surface area contributed by atoms with E-state index in [0.717, 1.165) is 11.1 Å². The molecule has 2 N–H and O–H groups in total. The van der Waals surface area contributed by atoms with Gasteiger partial charge in [-0.05, 0) is 12.1 Å². The first kappa shape index (κ1) is 17.1. The van der Waals surface area contributed by atoms with Crippen LogP contribution in [-0.4, -0.2) is 18.4 Å². The largest absolute Gasteiger partial charge is 0.327 e. The summed E-state index contributed by atoms with van der Waals surface area (Å²) in [6.45, 7) is 0. The second-order valence-corrected chi connectivity index (χ2v) is 7.57. The summed E-state index contributed by atoms with van der Waals surface area (Å²) in [6.07, 6.45) is 0. The molecule has 5 nitrogen and oxygen atoms in total. The van der Waals surface area contributed by atoms with E-state index in [1.807, 2.05) is 66.7 Å². The van der Waals surface area contributed by atoms with Crippen LogP contribution in [-0.2, 0) is 10.0 Å². The van der Waals surface area contributed by atoms with E-state index < -0.39 is 10.0 Å². The molecule has 3 aromatic carbocycles. The van der Waals surface area contributed by atoms with Gasteiger partial charge < -0.3 is 4.98 Å². The highest BCUT2D eigenvalue weighted by molar-refractivity contribution is 7.92. The van der Waals surface area contributed by atoms with E-state index in [0.29, 0.717) is 17.1 Å². The molecule has 0 aliphatic carbocycles. The molecule has 4 rings (SSSR count). The van der Waals surface area contributed by atoms with Gasteiger partial charge in [-0.1, -0.05) is 78.9 Å².